The number of rotatable bonds is 15. The molecule has 0 aliphatic heterocycles. The molecule has 0 rings (SSSR count). The van der Waals surface area contributed by atoms with E-state index in [-0.39, 0.29) is 0 Å². The van der Waals surface area contributed by atoms with Crippen LogP contribution in [0, 0.1) is 0 Å². The zero-order chi connectivity index (χ0) is 15.1. The van der Waals surface area contributed by atoms with Gasteiger partial charge in [0.2, 0.25) is 0 Å². The monoisotopic (exact) mass is 288 g/mol. The first kappa shape index (κ1) is 19.9. The Morgan fingerprint density at radius 1 is 0.600 bits per heavy atom. The lowest BCUT2D eigenvalue weighted by molar-refractivity contribution is 0.0247. The Kier molecular flexibility index (Phi) is 15.2. The highest BCUT2D eigenvalue weighted by Crippen LogP contribution is 2.13. The molecule has 0 bridgehead atoms. The summed E-state index contributed by atoms with van der Waals surface area (Å²) in [5.74, 6) is 0. The van der Waals surface area contributed by atoms with Crippen LogP contribution in [-0.2, 0) is 0 Å². The van der Waals surface area contributed by atoms with Crippen LogP contribution in [0.3, 0.4) is 0 Å². The smallest absolute Gasteiger partial charge is 0.0796 e. The highest BCUT2D eigenvalue weighted by Gasteiger charge is 2.09. The number of aliphatic hydroxyl groups is 3. The molecule has 0 heterocycles. The second kappa shape index (κ2) is 15.3. The van der Waals surface area contributed by atoms with E-state index < -0.39 is 12.2 Å². The van der Waals surface area contributed by atoms with E-state index in [2.05, 4.69) is 0 Å². The van der Waals surface area contributed by atoms with Crippen LogP contribution in [0.2, 0.25) is 0 Å². The molecule has 3 heteroatoms. The second-order valence-electron chi connectivity index (χ2n) is 6.06. The molecule has 0 fully saturated rings. The Labute approximate surface area is 125 Å². The molecule has 0 aliphatic carbocycles. The molecule has 3 N–H and O–H groups in total. The molecule has 0 amide bonds. The summed E-state index contributed by atoms with van der Waals surface area (Å²) in [7, 11) is 0. The molecule has 2 unspecified atom stereocenters. The van der Waals surface area contributed by atoms with Crippen molar-refractivity contribution in [2.24, 2.45) is 0 Å². The summed E-state index contributed by atoms with van der Waals surface area (Å²) >= 11 is 0. The molecule has 0 aromatic heterocycles. The molecule has 3 nitrogen and oxygen atoms in total. The van der Waals surface area contributed by atoms with Crippen molar-refractivity contribution in [2.45, 2.75) is 103 Å². The van der Waals surface area contributed by atoms with Gasteiger partial charge >= 0.3 is 0 Å². The third kappa shape index (κ3) is 14.3. The molecule has 0 aromatic carbocycles. The molecule has 0 aliphatic rings. The summed E-state index contributed by atoms with van der Waals surface area (Å²) in [6.45, 7) is 1.99. The number of hydrogen-bond acceptors (Lipinski definition) is 3. The normalized spacial score (nSPS) is 14.4. The fourth-order valence-corrected chi connectivity index (χ4v) is 2.47. The second-order valence-corrected chi connectivity index (χ2v) is 6.06. The largest absolute Gasteiger partial charge is 0.396 e. The van der Waals surface area contributed by atoms with Gasteiger partial charge in [0, 0.05) is 6.61 Å². The minimum absolute atomic E-state index is 0.342. The lowest BCUT2D eigenvalue weighted by atomic mass is 10.0. The van der Waals surface area contributed by atoms with Gasteiger partial charge in [-0.15, -0.1) is 0 Å². The lowest BCUT2D eigenvalue weighted by Crippen LogP contribution is -2.21. The Balaban J connectivity index is 3.03. The molecule has 20 heavy (non-hydrogen) atoms. The Morgan fingerprint density at radius 2 is 0.950 bits per heavy atom. The number of aliphatic hydroxyl groups excluding tert-OH is 3. The number of hydrogen-bond donors (Lipinski definition) is 3. The molecule has 0 spiro atoms. The average molecular weight is 288 g/mol. The minimum atomic E-state index is -0.590. The van der Waals surface area contributed by atoms with E-state index in [4.69, 9.17) is 10.2 Å². The van der Waals surface area contributed by atoms with Crippen molar-refractivity contribution in [1.82, 2.24) is 0 Å². The van der Waals surface area contributed by atoms with Crippen LogP contribution < -0.4 is 0 Å². The van der Waals surface area contributed by atoms with Gasteiger partial charge in [-0.2, -0.15) is 0 Å². The van der Waals surface area contributed by atoms with Crippen LogP contribution in [-0.4, -0.2) is 34.1 Å². The van der Waals surface area contributed by atoms with Crippen molar-refractivity contribution in [3.05, 3.63) is 0 Å². The van der Waals surface area contributed by atoms with E-state index in [9.17, 15) is 5.11 Å². The Hall–Kier alpha value is -0.120. The van der Waals surface area contributed by atoms with Crippen LogP contribution in [0.5, 0.6) is 0 Å². The lowest BCUT2D eigenvalue weighted by Gasteiger charge is -2.12. The summed E-state index contributed by atoms with van der Waals surface area (Å²) in [6.07, 6.45) is 14.4. The van der Waals surface area contributed by atoms with Crippen molar-refractivity contribution < 1.29 is 15.3 Å². The first-order chi connectivity index (χ1) is 9.68. The van der Waals surface area contributed by atoms with Crippen LogP contribution in [0.25, 0.3) is 0 Å². The maximum Gasteiger partial charge on any atom is 0.0796 e. The van der Waals surface area contributed by atoms with Crippen molar-refractivity contribution in [2.75, 3.05) is 6.61 Å². The van der Waals surface area contributed by atoms with E-state index in [0.29, 0.717) is 6.61 Å². The van der Waals surface area contributed by atoms with Gasteiger partial charge in [-0.05, 0) is 19.8 Å². The zero-order valence-electron chi connectivity index (χ0n) is 13.4. The highest BCUT2D eigenvalue weighted by atomic mass is 16.3. The first-order valence-corrected chi connectivity index (χ1v) is 8.65. The zero-order valence-corrected chi connectivity index (χ0v) is 13.4. The van der Waals surface area contributed by atoms with Gasteiger partial charge in [0.1, 0.15) is 0 Å². The van der Waals surface area contributed by atoms with Gasteiger partial charge in [0.05, 0.1) is 12.2 Å². The van der Waals surface area contributed by atoms with Crippen LogP contribution >= 0.6 is 0 Å². The molecule has 0 saturated heterocycles. The van der Waals surface area contributed by atoms with E-state index in [1.807, 2.05) is 0 Å². The van der Waals surface area contributed by atoms with Gasteiger partial charge < -0.3 is 15.3 Å². The van der Waals surface area contributed by atoms with Gasteiger partial charge in [-0.1, -0.05) is 70.6 Å². The molecule has 0 radical (unpaired) electrons. The maximum absolute atomic E-state index is 9.44. The first-order valence-electron chi connectivity index (χ1n) is 8.65. The maximum atomic E-state index is 9.44. The summed E-state index contributed by atoms with van der Waals surface area (Å²) < 4.78 is 0. The van der Waals surface area contributed by atoms with Gasteiger partial charge in [-0.25, -0.2) is 0 Å². The fourth-order valence-electron chi connectivity index (χ4n) is 2.47. The van der Waals surface area contributed by atoms with Crippen LogP contribution in [0.1, 0.15) is 90.4 Å². The highest BCUT2D eigenvalue weighted by molar-refractivity contribution is 4.61. The summed E-state index contributed by atoms with van der Waals surface area (Å²) in [5, 5.41) is 27.2. The van der Waals surface area contributed by atoms with E-state index in [0.717, 1.165) is 19.3 Å². The number of unbranched alkanes of at least 4 members (excludes halogenated alkanes) is 11. The summed E-state index contributed by atoms with van der Waals surface area (Å²) in [6, 6.07) is 0. The van der Waals surface area contributed by atoms with Crippen LogP contribution in [0.4, 0.5) is 0 Å². The van der Waals surface area contributed by atoms with Gasteiger partial charge in [-0.3, -0.25) is 0 Å². The van der Waals surface area contributed by atoms with Crippen molar-refractivity contribution in [1.29, 1.82) is 0 Å². The molecule has 0 saturated carbocycles. The minimum Gasteiger partial charge on any atom is -0.396 e. The average Bonchev–Trinajstić information content (AvgIpc) is 2.43. The third-order valence-electron chi connectivity index (χ3n) is 3.96. The Bertz CT molecular complexity index is 183. The third-order valence-corrected chi connectivity index (χ3v) is 3.96. The predicted molar refractivity (Wildman–Crippen MR) is 84.8 cm³/mol. The standard InChI is InChI=1S/C17H36O3/c1-16(19)17(20)14-12-10-8-6-4-2-3-5-7-9-11-13-15-18/h16-20H,2-15H2,1H3. The quantitative estimate of drug-likeness (QED) is 0.402. The molecule has 0 aromatic rings. The summed E-state index contributed by atoms with van der Waals surface area (Å²) in [4.78, 5) is 0. The molecular formula is C17H36O3. The van der Waals surface area contributed by atoms with Crippen molar-refractivity contribution >= 4 is 0 Å². The van der Waals surface area contributed by atoms with Gasteiger partial charge in [0.15, 0.2) is 0 Å². The van der Waals surface area contributed by atoms with E-state index in [1.54, 1.807) is 6.92 Å². The van der Waals surface area contributed by atoms with Crippen molar-refractivity contribution in [3.8, 4) is 0 Å². The van der Waals surface area contributed by atoms with E-state index in [1.165, 1.54) is 64.2 Å². The van der Waals surface area contributed by atoms with Crippen molar-refractivity contribution in [3.63, 3.8) is 0 Å². The SMILES string of the molecule is CC(O)C(O)CCCCCCCCCCCCCCO. The van der Waals surface area contributed by atoms with E-state index >= 15 is 0 Å². The summed E-state index contributed by atoms with van der Waals surface area (Å²) in [5.41, 5.74) is 0. The van der Waals surface area contributed by atoms with Gasteiger partial charge in [0.25, 0.3) is 0 Å². The molecule has 2 atom stereocenters. The van der Waals surface area contributed by atoms with Crippen LogP contribution in [0.15, 0.2) is 0 Å². The predicted octanol–water partition coefficient (Wildman–Crippen LogP) is 3.79. The topological polar surface area (TPSA) is 60.7 Å². The molecular weight excluding hydrogens is 252 g/mol. The Morgan fingerprint density at radius 3 is 1.30 bits per heavy atom. The molecule has 122 valence electrons. The fraction of sp³-hybridized carbons (Fsp3) is 1.00.